The van der Waals surface area contributed by atoms with Crippen molar-refractivity contribution in [3.05, 3.63) is 71.6 Å². The summed E-state index contributed by atoms with van der Waals surface area (Å²) >= 11 is 1.03. The summed E-state index contributed by atoms with van der Waals surface area (Å²) < 4.78 is 77.7. The molecule has 4 rings (SSSR count). The monoisotopic (exact) mass is 578 g/mol. The molecule has 0 saturated carbocycles. The number of carbonyl (C=O) groups excluding carboxylic acids is 1. The molecule has 2 aromatic rings. The molecule has 1 N–H and O–H groups in total. The lowest BCUT2D eigenvalue weighted by molar-refractivity contribution is -0.137. The zero-order valence-electron chi connectivity index (χ0n) is 22.0. The number of benzene rings is 2. The molecule has 1 amide bonds. The maximum Gasteiger partial charge on any atom is 0.417 e. The number of nitrogens with zero attached hydrogens (tertiary/aromatic N) is 3. The summed E-state index contributed by atoms with van der Waals surface area (Å²) in [5, 5.41) is 8.97. The Morgan fingerprint density at radius 1 is 1.30 bits per heavy atom. The number of amides is 1. The van der Waals surface area contributed by atoms with Crippen LogP contribution in [-0.2, 0) is 15.7 Å². The molecule has 212 valence electrons. The average Bonchev–Trinajstić information content (AvgIpc) is 2.89. The molecule has 0 radical (unpaired) electrons. The number of ether oxygens (including phenoxy) is 1. The third-order valence-corrected chi connectivity index (χ3v) is 7.63. The Kier molecular flexibility index (Phi) is 8.50. The molecule has 0 bridgehead atoms. The second-order valence-corrected chi connectivity index (χ2v) is 10.3. The Bertz CT molecular complexity index is 1440. The van der Waals surface area contributed by atoms with Crippen LogP contribution in [-0.4, -0.2) is 58.8 Å². The van der Waals surface area contributed by atoms with Crippen LogP contribution in [0.3, 0.4) is 0 Å². The normalized spacial score (nSPS) is 17.2. The summed E-state index contributed by atoms with van der Waals surface area (Å²) in [5.41, 5.74) is -1.05. The van der Waals surface area contributed by atoms with Crippen LogP contribution >= 0.6 is 11.8 Å². The van der Waals surface area contributed by atoms with Gasteiger partial charge < -0.3 is 14.5 Å². The lowest BCUT2D eigenvalue weighted by atomic mass is 9.94. The van der Waals surface area contributed by atoms with E-state index in [2.05, 4.69) is 11.6 Å². The van der Waals surface area contributed by atoms with E-state index in [0.29, 0.717) is 24.1 Å². The van der Waals surface area contributed by atoms with Gasteiger partial charge in [-0.2, -0.15) is 13.2 Å². The number of fused-ring (bicyclic) bond motifs is 1. The fourth-order valence-corrected chi connectivity index (χ4v) is 5.87. The summed E-state index contributed by atoms with van der Waals surface area (Å²) in [5.74, 6) is -2.48. The molecule has 6 nitrogen and oxygen atoms in total. The minimum absolute atomic E-state index is 0.0366. The Labute approximate surface area is 232 Å². The van der Waals surface area contributed by atoms with Crippen molar-refractivity contribution >= 4 is 34.9 Å². The fourth-order valence-electron chi connectivity index (χ4n) is 4.76. The molecule has 2 aromatic carbocycles. The van der Waals surface area contributed by atoms with Gasteiger partial charge in [0, 0.05) is 58.5 Å². The fraction of sp³-hybridized carbons (Fsp3) is 0.321. The van der Waals surface area contributed by atoms with Crippen molar-refractivity contribution in [3.8, 4) is 11.1 Å². The number of alkyl halides is 3. The van der Waals surface area contributed by atoms with Crippen molar-refractivity contribution in [2.24, 2.45) is 4.99 Å². The first kappa shape index (κ1) is 29.5. The van der Waals surface area contributed by atoms with Gasteiger partial charge in [-0.15, -0.1) is 11.8 Å². The lowest BCUT2D eigenvalue weighted by Crippen LogP contribution is -2.48. The van der Waals surface area contributed by atoms with E-state index in [1.807, 2.05) is 0 Å². The highest BCUT2D eigenvalue weighted by Gasteiger charge is 2.40. The minimum Gasteiger partial charge on any atom is -0.376 e. The van der Waals surface area contributed by atoms with Crippen molar-refractivity contribution in [2.45, 2.75) is 37.9 Å². The molecule has 0 unspecified atom stereocenters. The number of hydrogen-bond donors (Lipinski definition) is 1. The third kappa shape index (κ3) is 5.68. The lowest BCUT2D eigenvalue weighted by Gasteiger charge is -2.39. The van der Waals surface area contributed by atoms with Crippen molar-refractivity contribution < 1.29 is 31.5 Å². The molecule has 2 aliphatic heterocycles. The second-order valence-electron chi connectivity index (χ2n) is 9.28. The first-order chi connectivity index (χ1) is 18.9. The number of amidine groups is 1. The second kappa shape index (κ2) is 11.5. The summed E-state index contributed by atoms with van der Waals surface area (Å²) in [6.07, 6.45) is -2.25. The minimum atomic E-state index is -4.93. The SMILES string of the molecule is C=CC(=O)N1C(C)=CN(C(=N)c2cc(C(F)(F)F)c(-c3ccc(F)cc3F)c3c2N=C(COCC)CS3)C[C@H]1C. The van der Waals surface area contributed by atoms with Gasteiger partial charge >= 0.3 is 6.18 Å². The maximum atomic E-state index is 14.9. The van der Waals surface area contributed by atoms with Crippen LogP contribution < -0.4 is 0 Å². The zero-order valence-corrected chi connectivity index (χ0v) is 22.8. The van der Waals surface area contributed by atoms with Gasteiger partial charge in [0.1, 0.15) is 17.5 Å². The van der Waals surface area contributed by atoms with Crippen LogP contribution in [0.1, 0.15) is 31.9 Å². The predicted octanol–water partition coefficient (Wildman–Crippen LogP) is 6.77. The summed E-state index contributed by atoms with van der Waals surface area (Å²) in [7, 11) is 0. The van der Waals surface area contributed by atoms with E-state index in [1.165, 1.54) is 22.1 Å². The first-order valence-electron chi connectivity index (χ1n) is 12.4. The van der Waals surface area contributed by atoms with E-state index in [4.69, 9.17) is 10.1 Å². The highest BCUT2D eigenvalue weighted by Crippen LogP contribution is 2.50. The quantitative estimate of drug-likeness (QED) is 0.178. The molecule has 0 saturated heterocycles. The highest BCUT2D eigenvalue weighted by molar-refractivity contribution is 8.00. The first-order valence-corrected chi connectivity index (χ1v) is 13.4. The van der Waals surface area contributed by atoms with Gasteiger partial charge in [-0.3, -0.25) is 15.2 Å². The van der Waals surface area contributed by atoms with Crippen molar-refractivity contribution in [1.82, 2.24) is 9.80 Å². The Morgan fingerprint density at radius 3 is 2.62 bits per heavy atom. The van der Waals surface area contributed by atoms with E-state index in [9.17, 15) is 26.7 Å². The van der Waals surface area contributed by atoms with Crippen LogP contribution in [0.25, 0.3) is 11.1 Å². The molecule has 0 aliphatic carbocycles. The standard InChI is InChI=1S/C28H27F5N4O2S/c1-5-23(38)37-15(3)11-36(12-16(37)4)27(34)20-10-21(28(31,32)33)24(19-8-7-17(29)9-22(19)30)26-25(20)35-18(14-40-26)13-39-6-2/h5,7-11,16,34H,1,6,12-14H2,2-4H3/t16-/m1/s1. The smallest absolute Gasteiger partial charge is 0.376 e. The molecule has 12 heteroatoms. The van der Waals surface area contributed by atoms with Gasteiger partial charge in [0.2, 0.25) is 5.91 Å². The predicted molar refractivity (Wildman–Crippen MR) is 145 cm³/mol. The summed E-state index contributed by atoms with van der Waals surface area (Å²) in [6, 6.07) is 2.80. The van der Waals surface area contributed by atoms with Crippen LogP contribution in [0.2, 0.25) is 0 Å². The molecule has 0 spiro atoms. The zero-order chi connectivity index (χ0) is 29.4. The largest absolute Gasteiger partial charge is 0.417 e. The van der Waals surface area contributed by atoms with Gasteiger partial charge in [0.25, 0.3) is 0 Å². The van der Waals surface area contributed by atoms with Gasteiger partial charge in [0.15, 0.2) is 0 Å². The third-order valence-electron chi connectivity index (χ3n) is 6.47. The Balaban J connectivity index is 1.95. The molecular formula is C28H27F5N4O2S. The van der Waals surface area contributed by atoms with Gasteiger partial charge in [-0.1, -0.05) is 6.58 Å². The van der Waals surface area contributed by atoms with Gasteiger partial charge in [-0.05, 0) is 45.0 Å². The molecule has 0 aromatic heterocycles. The van der Waals surface area contributed by atoms with E-state index in [-0.39, 0.29) is 46.8 Å². The maximum absolute atomic E-state index is 14.9. The van der Waals surface area contributed by atoms with E-state index in [1.54, 1.807) is 20.8 Å². The number of aliphatic imine (C=N–C) groups is 1. The van der Waals surface area contributed by atoms with Crippen molar-refractivity contribution in [2.75, 3.05) is 25.5 Å². The molecule has 1 atom stereocenters. The van der Waals surface area contributed by atoms with E-state index >= 15 is 0 Å². The van der Waals surface area contributed by atoms with E-state index < -0.39 is 40.5 Å². The van der Waals surface area contributed by atoms with Crippen molar-refractivity contribution in [1.29, 1.82) is 5.41 Å². The van der Waals surface area contributed by atoms with E-state index in [0.717, 1.165) is 30.0 Å². The Morgan fingerprint density at radius 2 is 2.02 bits per heavy atom. The highest BCUT2D eigenvalue weighted by atomic mass is 32.2. The number of hydrogen-bond acceptors (Lipinski definition) is 5. The number of rotatable bonds is 6. The molecular weight excluding hydrogens is 551 g/mol. The molecule has 40 heavy (non-hydrogen) atoms. The molecule has 0 fully saturated rings. The summed E-state index contributed by atoms with van der Waals surface area (Å²) in [6.45, 7) is 9.37. The van der Waals surface area contributed by atoms with Crippen LogP contribution in [0.15, 0.2) is 58.7 Å². The Hall–Kier alpha value is -3.51. The van der Waals surface area contributed by atoms with Crippen LogP contribution in [0, 0.1) is 17.0 Å². The van der Waals surface area contributed by atoms with Crippen LogP contribution in [0.5, 0.6) is 0 Å². The topological polar surface area (TPSA) is 69.0 Å². The van der Waals surface area contributed by atoms with Gasteiger partial charge in [0.05, 0.1) is 29.6 Å². The molecule has 2 heterocycles. The number of nitrogens with one attached hydrogen (secondary N) is 1. The van der Waals surface area contributed by atoms with Crippen LogP contribution in [0.4, 0.5) is 27.6 Å². The number of halogens is 5. The summed E-state index contributed by atoms with van der Waals surface area (Å²) in [4.78, 5) is 19.9. The number of carbonyl (C=O) groups is 1. The molecule has 2 aliphatic rings. The number of allylic oxidation sites excluding steroid dienone is 1. The number of thioether (sulfide) groups is 1. The average molecular weight is 579 g/mol. The van der Waals surface area contributed by atoms with Crippen molar-refractivity contribution in [3.63, 3.8) is 0 Å². The van der Waals surface area contributed by atoms with Gasteiger partial charge in [-0.25, -0.2) is 8.78 Å².